The third-order valence-corrected chi connectivity index (χ3v) is 4.99. The summed E-state index contributed by atoms with van der Waals surface area (Å²) in [7, 11) is 0. The van der Waals surface area contributed by atoms with Crippen LogP contribution >= 0.6 is 0 Å². The number of hydrogen-bond donors (Lipinski definition) is 3. The third kappa shape index (κ3) is 4.08. The Bertz CT molecular complexity index is 741. The fourth-order valence-electron chi connectivity index (χ4n) is 3.44. The van der Waals surface area contributed by atoms with Gasteiger partial charge in [0.15, 0.2) is 0 Å². The van der Waals surface area contributed by atoms with Crippen LogP contribution in [0, 0.1) is 0 Å². The van der Waals surface area contributed by atoms with Gasteiger partial charge in [0.25, 0.3) is 5.91 Å². The molecule has 1 fully saturated rings. The van der Waals surface area contributed by atoms with E-state index in [0.29, 0.717) is 23.0 Å². The van der Waals surface area contributed by atoms with Crippen molar-refractivity contribution in [1.82, 2.24) is 4.90 Å². The molecule has 1 saturated heterocycles. The minimum Gasteiger partial charge on any atom is -0.398 e. The Morgan fingerprint density at radius 3 is 2.42 bits per heavy atom. The number of nitrogens with zero attached hydrogens (tertiary/aromatic N) is 2. The number of nitrogens with one attached hydrogen (secondary N) is 1. The first-order chi connectivity index (χ1) is 12.6. The van der Waals surface area contributed by atoms with Crippen molar-refractivity contribution in [3.8, 4) is 0 Å². The highest BCUT2D eigenvalue weighted by atomic mass is 16.1. The fraction of sp³-hybridized carbons (Fsp3) is 0.350. The van der Waals surface area contributed by atoms with Gasteiger partial charge < -0.3 is 21.7 Å². The summed E-state index contributed by atoms with van der Waals surface area (Å²) >= 11 is 0. The van der Waals surface area contributed by atoms with E-state index in [2.05, 4.69) is 46.3 Å². The first-order valence-electron chi connectivity index (χ1n) is 9.02. The number of carbonyl (C=O) groups excluding carboxylic acids is 1. The number of carbonyl (C=O) groups is 1. The quantitative estimate of drug-likeness (QED) is 0.691. The number of primary amides is 1. The Morgan fingerprint density at radius 1 is 1.08 bits per heavy atom. The lowest BCUT2D eigenvalue weighted by atomic mass is 10.1. The average Bonchev–Trinajstić information content (AvgIpc) is 2.66. The molecule has 0 aliphatic carbocycles. The zero-order chi connectivity index (χ0) is 18.5. The largest absolute Gasteiger partial charge is 0.398 e. The van der Waals surface area contributed by atoms with Gasteiger partial charge in [-0.05, 0) is 31.2 Å². The predicted molar refractivity (Wildman–Crippen MR) is 108 cm³/mol. The van der Waals surface area contributed by atoms with Crippen LogP contribution in [0.15, 0.2) is 48.5 Å². The van der Waals surface area contributed by atoms with Crippen molar-refractivity contribution in [2.75, 3.05) is 48.7 Å². The van der Waals surface area contributed by atoms with Gasteiger partial charge in [0.1, 0.15) is 0 Å². The first kappa shape index (κ1) is 18.1. The second-order valence-corrected chi connectivity index (χ2v) is 6.72. The predicted octanol–water partition coefficient (Wildman–Crippen LogP) is 1.99. The minimum absolute atomic E-state index is 0.343. The molecule has 0 bridgehead atoms. The standard InChI is InChI=1S/C20H27N5O/c1-15(14-23-18-9-5-8-17(21)19(18)20(22)26)24-10-12-25(13-11-24)16-6-3-2-4-7-16/h2-9,15,23H,10-14,21H2,1H3,(H2,22,26). The van der Waals surface area contributed by atoms with Crippen molar-refractivity contribution in [2.45, 2.75) is 13.0 Å². The van der Waals surface area contributed by atoms with Crippen molar-refractivity contribution < 1.29 is 4.79 Å². The number of hydrogen-bond acceptors (Lipinski definition) is 5. The second kappa shape index (κ2) is 8.10. The Labute approximate surface area is 154 Å². The van der Waals surface area contributed by atoms with Crippen molar-refractivity contribution in [3.05, 3.63) is 54.1 Å². The zero-order valence-corrected chi connectivity index (χ0v) is 15.2. The summed E-state index contributed by atoms with van der Waals surface area (Å²) in [6.45, 7) is 6.98. The van der Waals surface area contributed by atoms with Crippen molar-refractivity contribution in [3.63, 3.8) is 0 Å². The summed E-state index contributed by atoms with van der Waals surface area (Å²) in [4.78, 5) is 16.5. The van der Waals surface area contributed by atoms with Gasteiger partial charge in [-0.15, -0.1) is 0 Å². The molecule has 26 heavy (non-hydrogen) atoms. The molecule has 5 N–H and O–H groups in total. The van der Waals surface area contributed by atoms with E-state index in [-0.39, 0.29) is 0 Å². The third-order valence-electron chi connectivity index (χ3n) is 4.99. The summed E-state index contributed by atoms with van der Waals surface area (Å²) in [5, 5.41) is 3.34. The molecule has 0 saturated carbocycles. The number of para-hydroxylation sites is 1. The molecule has 1 atom stereocenters. The van der Waals surface area contributed by atoms with E-state index >= 15 is 0 Å². The van der Waals surface area contributed by atoms with E-state index in [4.69, 9.17) is 11.5 Å². The molecule has 3 rings (SSSR count). The maximum Gasteiger partial charge on any atom is 0.252 e. The van der Waals surface area contributed by atoms with Gasteiger partial charge in [-0.3, -0.25) is 9.69 Å². The van der Waals surface area contributed by atoms with Crippen LogP contribution in [0.4, 0.5) is 17.1 Å². The summed E-state index contributed by atoms with van der Waals surface area (Å²) < 4.78 is 0. The smallest absolute Gasteiger partial charge is 0.252 e. The molecule has 0 radical (unpaired) electrons. The van der Waals surface area contributed by atoms with Crippen LogP contribution in [-0.4, -0.2) is 49.6 Å². The second-order valence-electron chi connectivity index (χ2n) is 6.72. The summed E-state index contributed by atoms with van der Waals surface area (Å²) in [5.74, 6) is -0.505. The van der Waals surface area contributed by atoms with E-state index in [1.54, 1.807) is 6.07 Å². The average molecular weight is 353 g/mol. The minimum atomic E-state index is -0.505. The fourth-order valence-corrected chi connectivity index (χ4v) is 3.44. The number of benzene rings is 2. The molecule has 1 aliphatic heterocycles. The van der Waals surface area contributed by atoms with E-state index < -0.39 is 5.91 Å². The molecular formula is C20H27N5O. The lowest BCUT2D eigenvalue weighted by Crippen LogP contribution is -2.51. The van der Waals surface area contributed by atoms with Crippen LogP contribution in [0.2, 0.25) is 0 Å². The van der Waals surface area contributed by atoms with Gasteiger partial charge in [-0.25, -0.2) is 0 Å². The highest BCUT2D eigenvalue weighted by Crippen LogP contribution is 2.22. The van der Waals surface area contributed by atoms with Gasteiger partial charge >= 0.3 is 0 Å². The van der Waals surface area contributed by atoms with Crippen LogP contribution in [0.1, 0.15) is 17.3 Å². The molecule has 1 amide bonds. The van der Waals surface area contributed by atoms with Crippen molar-refractivity contribution >= 4 is 23.0 Å². The molecule has 1 unspecified atom stereocenters. The van der Waals surface area contributed by atoms with Crippen LogP contribution in [0.3, 0.4) is 0 Å². The Balaban J connectivity index is 1.55. The molecule has 0 aromatic heterocycles. The molecule has 1 aliphatic rings. The SMILES string of the molecule is CC(CNc1cccc(N)c1C(N)=O)N1CCN(c2ccccc2)CC1. The maximum absolute atomic E-state index is 11.6. The number of anilines is 3. The molecule has 1 heterocycles. The number of nitrogens with two attached hydrogens (primary N) is 2. The normalized spacial score (nSPS) is 16.3. The van der Waals surface area contributed by atoms with Gasteiger partial charge in [-0.1, -0.05) is 24.3 Å². The summed E-state index contributed by atoms with van der Waals surface area (Å²) in [6, 6.07) is 16.2. The summed E-state index contributed by atoms with van der Waals surface area (Å²) in [6.07, 6.45) is 0. The van der Waals surface area contributed by atoms with Gasteiger partial charge in [0.2, 0.25) is 0 Å². The zero-order valence-electron chi connectivity index (χ0n) is 15.2. The highest BCUT2D eigenvalue weighted by Gasteiger charge is 2.21. The van der Waals surface area contributed by atoms with E-state index in [9.17, 15) is 4.79 Å². The highest BCUT2D eigenvalue weighted by molar-refractivity contribution is 6.03. The number of rotatable bonds is 6. The van der Waals surface area contributed by atoms with Crippen LogP contribution in [0.25, 0.3) is 0 Å². The Hall–Kier alpha value is -2.73. The molecule has 2 aromatic carbocycles. The maximum atomic E-state index is 11.6. The van der Waals surface area contributed by atoms with Crippen LogP contribution in [-0.2, 0) is 0 Å². The van der Waals surface area contributed by atoms with E-state index in [0.717, 1.165) is 32.7 Å². The lowest BCUT2D eigenvalue weighted by molar-refractivity contribution is 0.100. The number of piperazine rings is 1. The summed E-state index contributed by atoms with van der Waals surface area (Å²) in [5.41, 5.74) is 14.1. The molecule has 6 heteroatoms. The number of nitrogen functional groups attached to an aromatic ring is 1. The molecule has 6 nitrogen and oxygen atoms in total. The number of amides is 1. The molecular weight excluding hydrogens is 326 g/mol. The Kier molecular flexibility index (Phi) is 5.63. The molecule has 138 valence electrons. The van der Waals surface area contributed by atoms with Crippen molar-refractivity contribution in [1.29, 1.82) is 0 Å². The topological polar surface area (TPSA) is 87.6 Å². The Morgan fingerprint density at radius 2 is 1.77 bits per heavy atom. The first-order valence-corrected chi connectivity index (χ1v) is 9.02. The van der Waals surface area contributed by atoms with E-state index in [1.807, 2.05) is 18.2 Å². The van der Waals surface area contributed by atoms with Gasteiger partial charge in [0, 0.05) is 55.8 Å². The monoisotopic (exact) mass is 353 g/mol. The lowest BCUT2D eigenvalue weighted by Gasteiger charge is -2.39. The van der Waals surface area contributed by atoms with Gasteiger partial charge in [-0.2, -0.15) is 0 Å². The van der Waals surface area contributed by atoms with Crippen molar-refractivity contribution in [2.24, 2.45) is 5.73 Å². The van der Waals surface area contributed by atoms with Crippen LogP contribution < -0.4 is 21.7 Å². The van der Waals surface area contributed by atoms with Crippen LogP contribution in [0.5, 0.6) is 0 Å². The molecule has 0 spiro atoms. The van der Waals surface area contributed by atoms with Gasteiger partial charge in [0.05, 0.1) is 5.56 Å². The van der Waals surface area contributed by atoms with E-state index in [1.165, 1.54) is 5.69 Å². The molecule has 2 aromatic rings.